The molecule has 0 radical (unpaired) electrons. The van der Waals surface area contributed by atoms with Crippen LogP contribution in [0.4, 0.5) is 5.69 Å². The lowest BCUT2D eigenvalue weighted by molar-refractivity contribution is 0.600. The summed E-state index contributed by atoms with van der Waals surface area (Å²) in [6.07, 6.45) is 3.31. The van der Waals surface area contributed by atoms with Crippen LogP contribution < -0.4 is 5.32 Å². The summed E-state index contributed by atoms with van der Waals surface area (Å²) in [5.41, 5.74) is 5.53. The number of benzene rings is 2. The average molecular weight is 414 g/mol. The van der Waals surface area contributed by atoms with Gasteiger partial charge in [0.15, 0.2) is 0 Å². The fourth-order valence-electron chi connectivity index (χ4n) is 3.31. The van der Waals surface area contributed by atoms with E-state index in [4.69, 9.17) is 5.26 Å². The van der Waals surface area contributed by atoms with Crippen LogP contribution in [0.3, 0.4) is 0 Å². The van der Waals surface area contributed by atoms with Gasteiger partial charge in [0.25, 0.3) is 0 Å². The van der Waals surface area contributed by atoms with Gasteiger partial charge in [-0.05, 0) is 83.3 Å². The summed E-state index contributed by atoms with van der Waals surface area (Å²) in [5.74, 6) is 0. The smallest absolute Gasteiger partial charge is 0.131 e. The van der Waals surface area contributed by atoms with Crippen LogP contribution in [0.15, 0.2) is 36.4 Å². The quantitative estimate of drug-likeness (QED) is 0.606. The molecular weight excluding hydrogens is 399 g/mol. The number of nitriles is 1. The maximum atomic E-state index is 9.07. The molecule has 4 rings (SSSR count). The fraction of sp³-hybridized carbons (Fsp3) is 0.222. The minimum atomic E-state index is 0.300. The second kappa shape index (κ2) is 5.85. The van der Waals surface area contributed by atoms with Crippen molar-refractivity contribution in [3.8, 4) is 6.07 Å². The summed E-state index contributed by atoms with van der Waals surface area (Å²) in [7, 11) is 0. The first kappa shape index (κ1) is 14.5. The lowest BCUT2D eigenvalue weighted by Gasteiger charge is -2.27. The van der Waals surface area contributed by atoms with Gasteiger partial charge < -0.3 is 5.32 Å². The number of H-pyrrole nitrogens is 1. The maximum Gasteiger partial charge on any atom is 0.131 e. The van der Waals surface area contributed by atoms with E-state index in [-0.39, 0.29) is 0 Å². The number of rotatable bonds is 2. The standard InChI is InChI=1S/C18H15IN4/c19-18-15-9-13(5-7-17(15)22-23-18)21-16-3-1-2-12-8-11(10-20)4-6-14(12)16/h4-9,16,21H,1-3H2,(H,22,23)/t16-/m0/s1. The van der Waals surface area contributed by atoms with Crippen LogP contribution in [-0.2, 0) is 6.42 Å². The number of nitrogens with one attached hydrogen (secondary N) is 2. The Morgan fingerprint density at radius 1 is 1.26 bits per heavy atom. The molecule has 0 saturated carbocycles. The van der Waals surface area contributed by atoms with E-state index in [2.05, 4.69) is 68.4 Å². The number of aryl methyl sites for hydroxylation is 1. The molecule has 0 bridgehead atoms. The van der Waals surface area contributed by atoms with Crippen molar-refractivity contribution >= 4 is 39.2 Å². The number of hydrogen-bond donors (Lipinski definition) is 2. The number of halogens is 1. The Hall–Kier alpha value is -2.07. The highest BCUT2D eigenvalue weighted by molar-refractivity contribution is 14.1. The first-order valence-corrected chi connectivity index (χ1v) is 8.75. The Morgan fingerprint density at radius 2 is 2.17 bits per heavy atom. The molecule has 0 amide bonds. The molecule has 1 aromatic heterocycles. The zero-order valence-electron chi connectivity index (χ0n) is 12.4. The molecule has 0 fully saturated rings. The van der Waals surface area contributed by atoms with E-state index in [1.165, 1.54) is 11.1 Å². The SMILES string of the molecule is N#Cc1ccc2c(c1)CCC[C@@H]2Nc1ccc2[nH]nc(I)c2c1. The Labute approximate surface area is 148 Å². The van der Waals surface area contributed by atoms with Gasteiger partial charge in [0.1, 0.15) is 3.70 Å². The molecule has 2 aromatic carbocycles. The van der Waals surface area contributed by atoms with Gasteiger partial charge in [-0.3, -0.25) is 5.10 Å². The first-order chi connectivity index (χ1) is 11.2. The van der Waals surface area contributed by atoms with E-state index in [1.54, 1.807) is 0 Å². The van der Waals surface area contributed by atoms with Gasteiger partial charge in [0, 0.05) is 11.1 Å². The van der Waals surface area contributed by atoms with E-state index >= 15 is 0 Å². The monoisotopic (exact) mass is 414 g/mol. The van der Waals surface area contributed by atoms with Crippen molar-refractivity contribution in [2.24, 2.45) is 0 Å². The summed E-state index contributed by atoms with van der Waals surface area (Å²) in [6, 6.07) is 14.9. The van der Waals surface area contributed by atoms with E-state index < -0.39 is 0 Å². The maximum absolute atomic E-state index is 9.07. The molecule has 1 heterocycles. The molecule has 2 N–H and O–H groups in total. The van der Waals surface area contributed by atoms with Crippen molar-refractivity contribution in [3.63, 3.8) is 0 Å². The van der Waals surface area contributed by atoms with Gasteiger partial charge in [-0.1, -0.05) is 6.07 Å². The van der Waals surface area contributed by atoms with Crippen molar-refractivity contribution in [1.82, 2.24) is 10.2 Å². The van der Waals surface area contributed by atoms with Gasteiger partial charge in [-0.2, -0.15) is 10.4 Å². The number of nitrogens with zero attached hydrogens (tertiary/aromatic N) is 2. The number of aromatic nitrogens is 2. The van der Waals surface area contributed by atoms with Gasteiger partial charge in [0.05, 0.1) is 23.2 Å². The van der Waals surface area contributed by atoms with Gasteiger partial charge in [-0.15, -0.1) is 0 Å². The van der Waals surface area contributed by atoms with Crippen molar-refractivity contribution in [1.29, 1.82) is 5.26 Å². The summed E-state index contributed by atoms with van der Waals surface area (Å²) in [4.78, 5) is 0. The molecule has 3 aromatic rings. The average Bonchev–Trinajstić information content (AvgIpc) is 2.95. The Kier molecular flexibility index (Phi) is 3.69. The van der Waals surface area contributed by atoms with Crippen LogP contribution in [-0.4, -0.2) is 10.2 Å². The molecule has 1 aliphatic carbocycles. The largest absolute Gasteiger partial charge is 0.378 e. The van der Waals surface area contributed by atoms with E-state index in [1.807, 2.05) is 12.1 Å². The van der Waals surface area contributed by atoms with Crippen molar-refractivity contribution in [3.05, 3.63) is 56.8 Å². The molecule has 1 atom stereocenters. The zero-order valence-corrected chi connectivity index (χ0v) is 14.6. The predicted molar refractivity (Wildman–Crippen MR) is 99.3 cm³/mol. The molecule has 0 unspecified atom stereocenters. The summed E-state index contributed by atoms with van der Waals surface area (Å²) in [5, 5.41) is 21.1. The van der Waals surface area contributed by atoms with E-state index in [9.17, 15) is 0 Å². The van der Waals surface area contributed by atoms with Crippen molar-refractivity contribution < 1.29 is 0 Å². The molecule has 0 saturated heterocycles. The van der Waals surface area contributed by atoms with Crippen LogP contribution in [0.25, 0.3) is 10.9 Å². The van der Waals surface area contributed by atoms with Crippen molar-refractivity contribution in [2.75, 3.05) is 5.32 Å². The molecular formula is C18H15IN4. The number of aromatic amines is 1. The molecule has 1 aliphatic rings. The third-order valence-corrected chi connectivity index (χ3v) is 5.27. The highest BCUT2D eigenvalue weighted by Gasteiger charge is 2.20. The van der Waals surface area contributed by atoms with E-state index in [0.717, 1.165) is 45.1 Å². The highest BCUT2D eigenvalue weighted by atomic mass is 127. The van der Waals surface area contributed by atoms with Gasteiger partial charge >= 0.3 is 0 Å². The van der Waals surface area contributed by atoms with Crippen LogP contribution >= 0.6 is 22.6 Å². The van der Waals surface area contributed by atoms with Crippen LogP contribution in [0, 0.1) is 15.0 Å². The second-order valence-electron chi connectivity index (χ2n) is 5.89. The van der Waals surface area contributed by atoms with Crippen LogP contribution in [0.5, 0.6) is 0 Å². The Balaban J connectivity index is 1.66. The Bertz CT molecular complexity index is 922. The summed E-state index contributed by atoms with van der Waals surface area (Å²) >= 11 is 2.25. The van der Waals surface area contributed by atoms with Gasteiger partial charge in [0.2, 0.25) is 0 Å². The highest BCUT2D eigenvalue weighted by Crippen LogP contribution is 2.34. The summed E-state index contributed by atoms with van der Waals surface area (Å²) < 4.78 is 0.990. The third kappa shape index (κ3) is 2.68. The number of fused-ring (bicyclic) bond motifs is 2. The lowest BCUT2D eigenvalue weighted by atomic mass is 9.86. The molecule has 23 heavy (non-hydrogen) atoms. The van der Waals surface area contributed by atoms with E-state index in [0.29, 0.717) is 6.04 Å². The zero-order chi connectivity index (χ0) is 15.8. The molecule has 5 heteroatoms. The fourth-order valence-corrected chi connectivity index (χ4v) is 3.87. The normalized spacial score (nSPS) is 16.8. The minimum absolute atomic E-state index is 0.300. The lowest BCUT2D eigenvalue weighted by Crippen LogP contribution is -2.17. The van der Waals surface area contributed by atoms with Crippen molar-refractivity contribution in [2.45, 2.75) is 25.3 Å². The second-order valence-corrected chi connectivity index (χ2v) is 6.91. The molecule has 0 spiro atoms. The molecule has 114 valence electrons. The van der Waals surface area contributed by atoms with Gasteiger partial charge in [-0.25, -0.2) is 0 Å². The predicted octanol–water partition coefficient (Wildman–Crippen LogP) is 4.53. The first-order valence-electron chi connectivity index (χ1n) is 7.68. The third-order valence-electron chi connectivity index (χ3n) is 4.44. The minimum Gasteiger partial charge on any atom is -0.378 e. The van der Waals surface area contributed by atoms with Crippen LogP contribution in [0.1, 0.15) is 35.6 Å². The number of hydrogen-bond acceptors (Lipinski definition) is 3. The summed E-state index contributed by atoms with van der Waals surface area (Å²) in [6.45, 7) is 0. The molecule has 4 nitrogen and oxygen atoms in total. The molecule has 0 aliphatic heterocycles. The number of anilines is 1. The Morgan fingerprint density at radius 3 is 3.04 bits per heavy atom. The van der Waals surface area contributed by atoms with Crippen LogP contribution in [0.2, 0.25) is 0 Å². The topological polar surface area (TPSA) is 64.5 Å².